The highest BCUT2D eigenvalue weighted by molar-refractivity contribution is 9.10. The van der Waals surface area contributed by atoms with Crippen LogP contribution in [0.2, 0.25) is 0 Å². The summed E-state index contributed by atoms with van der Waals surface area (Å²) in [7, 11) is 0. The highest BCUT2D eigenvalue weighted by atomic mass is 79.9. The van der Waals surface area contributed by atoms with Gasteiger partial charge in [0.1, 0.15) is 11.6 Å². The normalized spacial score (nSPS) is 10.6. The molecule has 1 heterocycles. The van der Waals surface area contributed by atoms with E-state index in [0.29, 0.717) is 5.56 Å². The molecule has 0 aliphatic carbocycles. The van der Waals surface area contributed by atoms with E-state index in [9.17, 15) is 8.78 Å². The van der Waals surface area contributed by atoms with E-state index in [0.717, 1.165) is 16.6 Å². The average Bonchev–Trinajstić information content (AvgIpc) is 2.58. The summed E-state index contributed by atoms with van der Waals surface area (Å²) in [6.45, 7) is 0. The fraction of sp³-hybridized carbons (Fsp3) is 0. The van der Waals surface area contributed by atoms with E-state index in [4.69, 9.17) is 5.73 Å². The second-order valence-electron chi connectivity index (χ2n) is 2.99. The van der Waals surface area contributed by atoms with Crippen LogP contribution in [0, 0.1) is 11.6 Å². The van der Waals surface area contributed by atoms with Crippen molar-refractivity contribution in [3.63, 3.8) is 0 Å². The Hall–Kier alpha value is -0.940. The first-order valence-corrected chi connectivity index (χ1v) is 5.79. The van der Waals surface area contributed by atoms with Crippen LogP contribution in [0.25, 0.3) is 11.1 Å². The van der Waals surface area contributed by atoms with Gasteiger partial charge in [-0.2, -0.15) is 11.3 Å². The van der Waals surface area contributed by atoms with Crippen molar-refractivity contribution in [3.05, 3.63) is 39.0 Å². The van der Waals surface area contributed by atoms with Crippen LogP contribution in [0.4, 0.5) is 14.5 Å². The minimum atomic E-state index is -0.607. The zero-order valence-electron chi connectivity index (χ0n) is 7.43. The predicted octanol–water partition coefficient (Wildman–Crippen LogP) is 4.04. The molecule has 1 aromatic carbocycles. The van der Waals surface area contributed by atoms with Crippen LogP contribution in [0.3, 0.4) is 0 Å². The summed E-state index contributed by atoms with van der Waals surface area (Å²) in [5.74, 6) is -1.13. The van der Waals surface area contributed by atoms with Crippen molar-refractivity contribution in [3.8, 4) is 11.1 Å². The van der Waals surface area contributed by atoms with Crippen LogP contribution in [-0.2, 0) is 0 Å². The Balaban J connectivity index is 2.64. The zero-order chi connectivity index (χ0) is 11.0. The van der Waals surface area contributed by atoms with Crippen molar-refractivity contribution >= 4 is 33.0 Å². The molecule has 2 N–H and O–H groups in total. The molecule has 0 saturated carbocycles. The number of thiophene rings is 1. The second kappa shape index (κ2) is 3.90. The quantitative estimate of drug-likeness (QED) is 0.788. The smallest absolute Gasteiger partial charge is 0.146 e. The van der Waals surface area contributed by atoms with E-state index >= 15 is 0 Å². The largest absolute Gasteiger partial charge is 0.396 e. The number of anilines is 1. The summed E-state index contributed by atoms with van der Waals surface area (Å²) >= 11 is 4.68. The van der Waals surface area contributed by atoms with Crippen molar-refractivity contribution < 1.29 is 8.78 Å². The third kappa shape index (κ3) is 1.89. The minimum absolute atomic E-state index is 0.178. The maximum atomic E-state index is 13.5. The van der Waals surface area contributed by atoms with Gasteiger partial charge in [0, 0.05) is 27.0 Å². The van der Waals surface area contributed by atoms with E-state index in [-0.39, 0.29) is 11.3 Å². The average molecular weight is 290 g/mol. The molecule has 0 spiro atoms. The molecule has 2 rings (SSSR count). The van der Waals surface area contributed by atoms with Gasteiger partial charge in [0.25, 0.3) is 0 Å². The number of hydrogen-bond acceptors (Lipinski definition) is 2. The van der Waals surface area contributed by atoms with Crippen LogP contribution >= 0.6 is 27.3 Å². The molecule has 78 valence electrons. The molecule has 0 aliphatic rings. The van der Waals surface area contributed by atoms with Crippen LogP contribution in [0.1, 0.15) is 0 Å². The number of nitrogen functional groups attached to an aromatic ring is 1. The van der Waals surface area contributed by atoms with Crippen molar-refractivity contribution in [2.24, 2.45) is 0 Å². The number of rotatable bonds is 1. The third-order valence-electron chi connectivity index (χ3n) is 1.99. The monoisotopic (exact) mass is 289 g/mol. The molecule has 1 aromatic heterocycles. The first-order chi connectivity index (χ1) is 7.09. The van der Waals surface area contributed by atoms with Crippen LogP contribution < -0.4 is 5.73 Å². The third-order valence-corrected chi connectivity index (χ3v) is 3.69. The maximum Gasteiger partial charge on any atom is 0.146 e. The summed E-state index contributed by atoms with van der Waals surface area (Å²) in [5, 5.41) is 3.56. The second-order valence-corrected chi connectivity index (χ2v) is 4.58. The van der Waals surface area contributed by atoms with Gasteiger partial charge in [-0.25, -0.2) is 8.78 Å². The van der Waals surface area contributed by atoms with Gasteiger partial charge in [0.15, 0.2) is 0 Å². The maximum absolute atomic E-state index is 13.5. The molecule has 0 saturated heterocycles. The number of hydrogen-bond donors (Lipinski definition) is 1. The van der Waals surface area contributed by atoms with Crippen molar-refractivity contribution in [2.45, 2.75) is 0 Å². The standard InChI is InChI=1S/C10H6BrF2NS/c11-7-4-15-3-6(7)5-1-9(13)10(14)2-8(5)12/h1-4H,14H2. The summed E-state index contributed by atoms with van der Waals surface area (Å²) in [4.78, 5) is 0. The lowest BCUT2D eigenvalue weighted by molar-refractivity contribution is 0.607. The molecular formula is C10H6BrF2NS. The Morgan fingerprint density at radius 2 is 1.80 bits per heavy atom. The van der Waals surface area contributed by atoms with Gasteiger partial charge in [-0.1, -0.05) is 0 Å². The molecule has 0 aliphatic heterocycles. The fourth-order valence-corrected chi connectivity index (χ4v) is 2.75. The summed E-state index contributed by atoms with van der Waals surface area (Å²) in [5.41, 5.74) is 5.93. The lowest BCUT2D eigenvalue weighted by Crippen LogP contribution is -1.94. The minimum Gasteiger partial charge on any atom is -0.396 e. The van der Waals surface area contributed by atoms with Crippen molar-refractivity contribution in [1.82, 2.24) is 0 Å². The first kappa shape index (κ1) is 10.6. The summed E-state index contributed by atoms with van der Waals surface area (Å²) in [6, 6.07) is 2.10. The molecular weight excluding hydrogens is 284 g/mol. The predicted molar refractivity (Wildman–Crippen MR) is 61.8 cm³/mol. The number of halogens is 3. The zero-order valence-corrected chi connectivity index (χ0v) is 9.83. The number of nitrogens with two attached hydrogens (primary N) is 1. The number of benzene rings is 1. The van der Waals surface area contributed by atoms with E-state index < -0.39 is 11.6 Å². The SMILES string of the molecule is Nc1cc(F)c(-c2cscc2Br)cc1F. The molecule has 0 amide bonds. The summed E-state index contributed by atoms with van der Waals surface area (Å²) < 4.78 is 27.4. The fourth-order valence-electron chi connectivity index (χ4n) is 1.24. The molecule has 2 aromatic rings. The van der Waals surface area contributed by atoms with Gasteiger partial charge in [0.05, 0.1) is 5.69 Å². The first-order valence-electron chi connectivity index (χ1n) is 4.06. The molecule has 0 fully saturated rings. The molecule has 1 nitrogen and oxygen atoms in total. The molecule has 0 unspecified atom stereocenters. The van der Waals surface area contributed by atoms with E-state index in [1.165, 1.54) is 11.3 Å². The molecule has 15 heavy (non-hydrogen) atoms. The molecule has 5 heteroatoms. The van der Waals surface area contributed by atoms with Gasteiger partial charge in [0.2, 0.25) is 0 Å². The van der Waals surface area contributed by atoms with Crippen molar-refractivity contribution in [1.29, 1.82) is 0 Å². The Labute approximate surface area is 97.7 Å². The Morgan fingerprint density at radius 3 is 2.40 bits per heavy atom. The van der Waals surface area contributed by atoms with Crippen LogP contribution in [0.15, 0.2) is 27.4 Å². The Kier molecular flexibility index (Phi) is 2.75. The van der Waals surface area contributed by atoms with Crippen molar-refractivity contribution in [2.75, 3.05) is 5.73 Å². The van der Waals surface area contributed by atoms with Crippen LogP contribution in [-0.4, -0.2) is 0 Å². The van der Waals surface area contributed by atoms with Gasteiger partial charge in [-0.3, -0.25) is 0 Å². The van der Waals surface area contributed by atoms with E-state index in [1.54, 1.807) is 5.38 Å². The Bertz CT molecular complexity index is 510. The Morgan fingerprint density at radius 1 is 1.07 bits per heavy atom. The topological polar surface area (TPSA) is 26.0 Å². The van der Waals surface area contributed by atoms with Gasteiger partial charge in [-0.05, 0) is 27.4 Å². The molecule has 0 bridgehead atoms. The summed E-state index contributed by atoms with van der Waals surface area (Å²) in [6.07, 6.45) is 0. The van der Waals surface area contributed by atoms with Gasteiger partial charge < -0.3 is 5.73 Å². The van der Waals surface area contributed by atoms with Gasteiger partial charge in [-0.15, -0.1) is 0 Å². The van der Waals surface area contributed by atoms with Crippen LogP contribution in [0.5, 0.6) is 0 Å². The molecule has 0 atom stereocenters. The lowest BCUT2D eigenvalue weighted by atomic mass is 10.1. The van der Waals surface area contributed by atoms with E-state index in [2.05, 4.69) is 15.9 Å². The van der Waals surface area contributed by atoms with Gasteiger partial charge >= 0.3 is 0 Å². The van der Waals surface area contributed by atoms with E-state index in [1.807, 2.05) is 5.38 Å². The molecule has 0 radical (unpaired) electrons. The highest BCUT2D eigenvalue weighted by Gasteiger charge is 2.12. The lowest BCUT2D eigenvalue weighted by Gasteiger charge is -2.04. The highest BCUT2D eigenvalue weighted by Crippen LogP contribution is 2.34.